The zero-order valence-corrected chi connectivity index (χ0v) is 13.3. The number of halogens is 1. The molecule has 1 aromatic heterocycles. The summed E-state index contributed by atoms with van der Waals surface area (Å²) in [5, 5.41) is 6.31. The van der Waals surface area contributed by atoms with E-state index in [1.54, 1.807) is 6.26 Å². The van der Waals surface area contributed by atoms with Crippen LogP contribution in [-0.4, -0.2) is 11.9 Å². The number of rotatable bonds is 5. The normalized spacial score (nSPS) is 18.4. The van der Waals surface area contributed by atoms with Crippen LogP contribution >= 0.6 is 15.9 Å². The third kappa shape index (κ3) is 3.19. The van der Waals surface area contributed by atoms with Crippen molar-refractivity contribution in [1.82, 2.24) is 5.32 Å². The lowest BCUT2D eigenvalue weighted by Crippen LogP contribution is -2.34. The molecule has 21 heavy (non-hydrogen) atoms. The zero-order valence-electron chi connectivity index (χ0n) is 11.7. The van der Waals surface area contributed by atoms with Crippen LogP contribution < -0.4 is 10.6 Å². The number of fused-ring (bicyclic) bond motifs is 1. The first-order chi connectivity index (χ1) is 10.1. The molecule has 2 N–H and O–H groups in total. The summed E-state index contributed by atoms with van der Waals surface area (Å²) in [5.74, 6) is 0.983. The van der Waals surface area contributed by atoms with Gasteiger partial charge >= 0.3 is 0 Å². The minimum atomic E-state index is -0.278. The summed E-state index contributed by atoms with van der Waals surface area (Å²) in [6.07, 6.45) is 3.47. The maximum Gasteiger partial charge on any atom is 0.246 e. The largest absolute Gasteiger partial charge is 0.469 e. The fraction of sp³-hybridized carbons (Fsp3) is 0.312. The summed E-state index contributed by atoms with van der Waals surface area (Å²) in [5.41, 5.74) is 1.89. The SMILES string of the molecule is CC(CCc1ccco1)NC1C(=O)Nc2cc(Br)ccc21. The molecule has 5 heteroatoms. The van der Waals surface area contributed by atoms with Gasteiger partial charge in [-0.3, -0.25) is 10.1 Å². The van der Waals surface area contributed by atoms with Crippen LogP contribution in [-0.2, 0) is 11.2 Å². The van der Waals surface area contributed by atoms with E-state index >= 15 is 0 Å². The van der Waals surface area contributed by atoms with Gasteiger partial charge in [0.05, 0.1) is 6.26 Å². The van der Waals surface area contributed by atoms with Gasteiger partial charge in [-0.15, -0.1) is 0 Å². The summed E-state index contributed by atoms with van der Waals surface area (Å²) >= 11 is 3.42. The molecule has 2 aromatic rings. The number of anilines is 1. The number of hydrogen-bond acceptors (Lipinski definition) is 3. The van der Waals surface area contributed by atoms with Crippen LogP contribution in [0.4, 0.5) is 5.69 Å². The Hall–Kier alpha value is -1.59. The summed E-state index contributed by atoms with van der Waals surface area (Å²) in [7, 11) is 0. The number of benzene rings is 1. The Labute approximate surface area is 132 Å². The first kappa shape index (κ1) is 14.4. The Morgan fingerprint density at radius 1 is 1.43 bits per heavy atom. The van der Waals surface area contributed by atoms with Crippen molar-refractivity contribution in [3.63, 3.8) is 0 Å². The summed E-state index contributed by atoms with van der Waals surface area (Å²) < 4.78 is 6.30. The van der Waals surface area contributed by atoms with Gasteiger partial charge in [0.15, 0.2) is 0 Å². The van der Waals surface area contributed by atoms with Gasteiger partial charge in [0, 0.05) is 28.2 Å². The van der Waals surface area contributed by atoms with Gasteiger partial charge < -0.3 is 9.73 Å². The molecule has 0 fully saturated rings. The van der Waals surface area contributed by atoms with E-state index in [9.17, 15) is 4.79 Å². The van der Waals surface area contributed by atoms with Crippen LogP contribution in [0, 0.1) is 0 Å². The minimum absolute atomic E-state index is 0.00736. The van der Waals surface area contributed by atoms with Crippen LogP contribution in [0.2, 0.25) is 0 Å². The second kappa shape index (κ2) is 6.03. The molecule has 0 bridgehead atoms. The van der Waals surface area contributed by atoms with Crippen molar-refractivity contribution in [2.75, 3.05) is 5.32 Å². The molecule has 1 aliphatic heterocycles. The van der Waals surface area contributed by atoms with Crippen LogP contribution in [0.15, 0.2) is 45.5 Å². The monoisotopic (exact) mass is 348 g/mol. The van der Waals surface area contributed by atoms with Crippen LogP contribution in [0.3, 0.4) is 0 Å². The predicted octanol–water partition coefficient (Wildman–Crippen LogP) is 3.65. The topological polar surface area (TPSA) is 54.3 Å². The highest BCUT2D eigenvalue weighted by Crippen LogP contribution is 2.33. The summed E-state index contributed by atoms with van der Waals surface area (Å²) in [4.78, 5) is 12.1. The van der Waals surface area contributed by atoms with Crippen molar-refractivity contribution < 1.29 is 9.21 Å². The van der Waals surface area contributed by atoms with Gasteiger partial charge in [-0.1, -0.05) is 22.0 Å². The molecule has 2 heterocycles. The van der Waals surface area contributed by atoms with E-state index in [0.717, 1.165) is 34.3 Å². The maximum atomic E-state index is 12.1. The van der Waals surface area contributed by atoms with E-state index in [2.05, 4.69) is 33.5 Å². The number of furan rings is 1. The van der Waals surface area contributed by atoms with Crippen LogP contribution in [0.25, 0.3) is 0 Å². The van der Waals surface area contributed by atoms with Crippen molar-refractivity contribution in [2.24, 2.45) is 0 Å². The fourth-order valence-electron chi connectivity index (χ4n) is 2.58. The highest BCUT2D eigenvalue weighted by molar-refractivity contribution is 9.10. The quantitative estimate of drug-likeness (QED) is 0.867. The van der Waals surface area contributed by atoms with E-state index in [1.807, 2.05) is 30.3 Å². The first-order valence-corrected chi connectivity index (χ1v) is 7.81. The van der Waals surface area contributed by atoms with Crippen LogP contribution in [0.5, 0.6) is 0 Å². The fourth-order valence-corrected chi connectivity index (χ4v) is 2.94. The van der Waals surface area contributed by atoms with Crippen molar-refractivity contribution in [1.29, 1.82) is 0 Å². The molecule has 1 amide bonds. The Morgan fingerprint density at radius 2 is 2.29 bits per heavy atom. The Morgan fingerprint density at radius 3 is 3.05 bits per heavy atom. The maximum absolute atomic E-state index is 12.1. The average Bonchev–Trinajstić information content (AvgIpc) is 3.05. The zero-order chi connectivity index (χ0) is 14.8. The van der Waals surface area contributed by atoms with Crippen molar-refractivity contribution in [3.05, 3.63) is 52.4 Å². The lowest BCUT2D eigenvalue weighted by Gasteiger charge is -2.18. The third-order valence-electron chi connectivity index (χ3n) is 3.70. The molecule has 0 spiro atoms. The molecular weight excluding hydrogens is 332 g/mol. The molecule has 3 rings (SSSR count). The molecule has 0 saturated carbocycles. The lowest BCUT2D eigenvalue weighted by atomic mass is 10.1. The number of aryl methyl sites for hydroxylation is 1. The molecule has 0 radical (unpaired) electrons. The second-order valence-electron chi connectivity index (χ2n) is 5.34. The standard InChI is InChI=1S/C16H17BrN2O2/c1-10(4-6-12-3-2-8-21-12)18-15-13-7-5-11(17)9-14(13)19-16(15)20/h2-3,5,7-10,15,18H,4,6H2,1H3,(H,19,20). The Balaban J connectivity index is 1.63. The van der Waals surface area contributed by atoms with E-state index < -0.39 is 0 Å². The third-order valence-corrected chi connectivity index (χ3v) is 4.19. The Bertz CT molecular complexity index is 640. The van der Waals surface area contributed by atoms with E-state index in [4.69, 9.17) is 4.42 Å². The minimum Gasteiger partial charge on any atom is -0.469 e. The van der Waals surface area contributed by atoms with Crippen molar-refractivity contribution in [3.8, 4) is 0 Å². The smallest absolute Gasteiger partial charge is 0.246 e. The highest BCUT2D eigenvalue weighted by Gasteiger charge is 2.31. The second-order valence-corrected chi connectivity index (χ2v) is 6.26. The number of amides is 1. The molecule has 4 nitrogen and oxygen atoms in total. The van der Waals surface area contributed by atoms with Crippen LogP contribution in [0.1, 0.15) is 30.7 Å². The first-order valence-electron chi connectivity index (χ1n) is 7.02. The van der Waals surface area contributed by atoms with Gasteiger partial charge in [0.25, 0.3) is 0 Å². The van der Waals surface area contributed by atoms with Gasteiger partial charge in [-0.25, -0.2) is 0 Å². The van der Waals surface area contributed by atoms with Gasteiger partial charge in [0.2, 0.25) is 5.91 Å². The van der Waals surface area contributed by atoms with E-state index in [-0.39, 0.29) is 18.0 Å². The highest BCUT2D eigenvalue weighted by atomic mass is 79.9. The van der Waals surface area contributed by atoms with E-state index in [0.29, 0.717) is 0 Å². The van der Waals surface area contributed by atoms with Crippen molar-refractivity contribution in [2.45, 2.75) is 31.8 Å². The van der Waals surface area contributed by atoms with Gasteiger partial charge in [-0.05, 0) is 37.6 Å². The summed E-state index contributed by atoms with van der Waals surface area (Å²) in [6.45, 7) is 2.09. The molecule has 0 saturated heterocycles. The molecule has 2 unspecified atom stereocenters. The van der Waals surface area contributed by atoms with Crippen molar-refractivity contribution >= 4 is 27.5 Å². The van der Waals surface area contributed by atoms with E-state index in [1.165, 1.54) is 0 Å². The molecular formula is C16H17BrN2O2. The van der Waals surface area contributed by atoms with Gasteiger partial charge in [0.1, 0.15) is 11.8 Å². The summed E-state index contributed by atoms with van der Waals surface area (Å²) in [6, 6.07) is 9.69. The Kier molecular flexibility index (Phi) is 4.12. The molecule has 1 aromatic carbocycles. The van der Waals surface area contributed by atoms with Gasteiger partial charge in [-0.2, -0.15) is 0 Å². The molecule has 110 valence electrons. The lowest BCUT2D eigenvalue weighted by molar-refractivity contribution is -0.117. The average molecular weight is 349 g/mol. The number of carbonyl (C=O) groups excluding carboxylic acids is 1. The number of carbonyl (C=O) groups is 1. The molecule has 0 aliphatic carbocycles. The molecule has 1 aliphatic rings. The predicted molar refractivity (Wildman–Crippen MR) is 85.1 cm³/mol. The molecule has 2 atom stereocenters. The number of hydrogen-bond donors (Lipinski definition) is 2. The number of nitrogens with one attached hydrogen (secondary N) is 2.